The Kier molecular flexibility index (Phi) is 7.17. The molecule has 3 N–H and O–H groups in total. The predicted octanol–water partition coefficient (Wildman–Crippen LogP) is 4.80. The van der Waals surface area contributed by atoms with Crippen LogP contribution in [-0.2, 0) is 10.0 Å². The van der Waals surface area contributed by atoms with E-state index in [-0.39, 0.29) is 31.7 Å². The van der Waals surface area contributed by atoms with Crippen LogP contribution in [-0.4, -0.2) is 72.9 Å². The molecule has 1 aliphatic carbocycles. The number of aliphatic hydroxyl groups is 1. The number of benzene rings is 1. The molecule has 0 radical (unpaired) electrons. The lowest BCUT2D eigenvalue weighted by atomic mass is 9.93. The summed E-state index contributed by atoms with van der Waals surface area (Å²) in [5.41, 5.74) is 5.01. The third kappa shape index (κ3) is 6.18. The number of H-pyrrole nitrogens is 1. The highest BCUT2D eigenvalue weighted by Gasteiger charge is 2.44. The number of aromatic amines is 1. The van der Waals surface area contributed by atoms with Crippen molar-refractivity contribution in [2.24, 2.45) is 5.41 Å². The Hall–Kier alpha value is -3.25. The molecule has 0 bridgehead atoms. The first-order chi connectivity index (χ1) is 19.5. The Morgan fingerprint density at radius 3 is 2.39 bits per heavy atom. The molecule has 1 saturated carbocycles. The van der Waals surface area contributed by atoms with Gasteiger partial charge >= 0.3 is 0 Å². The number of alkyl halides is 2. The second kappa shape index (κ2) is 10.5. The van der Waals surface area contributed by atoms with E-state index in [0.717, 1.165) is 42.7 Å². The number of aromatic nitrogens is 3. The van der Waals surface area contributed by atoms with E-state index in [1.54, 1.807) is 12.3 Å². The second-order valence-corrected chi connectivity index (χ2v) is 13.6. The molecule has 0 amide bonds. The first kappa shape index (κ1) is 27.9. The summed E-state index contributed by atoms with van der Waals surface area (Å²) in [4.78, 5) is 17.1. The number of imidazole rings is 1. The molecule has 2 saturated heterocycles. The van der Waals surface area contributed by atoms with Gasteiger partial charge in [-0.05, 0) is 73.9 Å². The Labute approximate surface area is 239 Å². The first-order valence-corrected chi connectivity index (χ1v) is 15.9. The van der Waals surface area contributed by atoms with Crippen molar-refractivity contribution >= 4 is 27.2 Å². The average molecular weight is 587 g/mol. The number of halogens is 2. The van der Waals surface area contributed by atoms with Crippen molar-refractivity contribution in [2.45, 2.75) is 51.4 Å². The van der Waals surface area contributed by atoms with Gasteiger partial charge in [0, 0.05) is 50.3 Å². The van der Waals surface area contributed by atoms with Gasteiger partial charge in [-0.1, -0.05) is 0 Å². The van der Waals surface area contributed by atoms with Crippen molar-refractivity contribution in [3.8, 4) is 22.8 Å². The fourth-order valence-electron chi connectivity index (χ4n) is 5.91. The van der Waals surface area contributed by atoms with E-state index in [0.29, 0.717) is 34.1 Å². The van der Waals surface area contributed by atoms with E-state index in [1.807, 2.05) is 36.1 Å². The van der Waals surface area contributed by atoms with Gasteiger partial charge in [-0.25, -0.2) is 27.2 Å². The number of pyridine rings is 1. The van der Waals surface area contributed by atoms with Crippen LogP contribution in [0, 0.1) is 12.3 Å². The smallest absolute Gasteiger partial charge is 0.251 e. The molecule has 4 heterocycles. The molecule has 2 aliphatic heterocycles. The minimum Gasteiger partial charge on any atom is -0.395 e. The highest BCUT2D eigenvalue weighted by Crippen LogP contribution is 2.54. The fourth-order valence-corrected chi connectivity index (χ4v) is 6.74. The molecular formula is C29H36F2N6O3S. The maximum Gasteiger partial charge on any atom is 0.251 e. The average Bonchev–Trinajstić information content (AvgIpc) is 3.48. The Bertz CT molecular complexity index is 1520. The molecule has 12 heteroatoms. The zero-order chi connectivity index (χ0) is 28.8. The number of piperidine rings is 2. The molecule has 3 aliphatic rings. The van der Waals surface area contributed by atoms with Gasteiger partial charge in [-0.15, -0.1) is 0 Å². The second-order valence-electron chi connectivity index (χ2n) is 11.7. The van der Waals surface area contributed by atoms with E-state index < -0.39 is 22.6 Å². The fraction of sp³-hybridized carbons (Fsp3) is 0.517. The first-order valence-electron chi connectivity index (χ1n) is 14.2. The van der Waals surface area contributed by atoms with Crippen LogP contribution < -0.4 is 14.5 Å². The third-order valence-corrected chi connectivity index (χ3v) is 9.90. The number of aryl methyl sites for hydroxylation is 1. The van der Waals surface area contributed by atoms with Crippen molar-refractivity contribution in [1.29, 1.82) is 0 Å². The SMILES string of the molecule is Cc1cc(-c2cnc(-c3ccc(NS(=O)(=O)CCO)cc3N3CCC4(CC3)CC4)[nH]2)nc(N2CCC(F)(F)CC2)c1. The summed E-state index contributed by atoms with van der Waals surface area (Å²) in [5.74, 6) is -1.69. The molecule has 1 spiro atoms. The molecular weight excluding hydrogens is 550 g/mol. The summed E-state index contributed by atoms with van der Waals surface area (Å²) in [6, 6.07) is 9.27. The summed E-state index contributed by atoms with van der Waals surface area (Å²) >= 11 is 0. The molecule has 3 aromatic rings. The Balaban J connectivity index is 1.30. The number of sulfonamides is 1. The van der Waals surface area contributed by atoms with E-state index >= 15 is 0 Å². The van der Waals surface area contributed by atoms with Gasteiger partial charge in [0.15, 0.2) is 0 Å². The standard InChI is InChI=1S/C29H36F2N6O3S/c1-20-16-23(33-26(17-20)37-12-8-29(30,31)9-13-37)24-19-32-27(34-24)22-3-2-21(35-41(39,40)15-14-38)18-25(22)36-10-6-28(4-5-28)7-11-36/h2-3,16-19,35,38H,4-15H2,1H3,(H,32,34). The topological polar surface area (TPSA) is 114 Å². The van der Waals surface area contributed by atoms with Gasteiger partial charge in [0.25, 0.3) is 5.92 Å². The van der Waals surface area contributed by atoms with Crippen LogP contribution in [0.1, 0.15) is 44.1 Å². The molecule has 220 valence electrons. The molecule has 3 fully saturated rings. The van der Waals surface area contributed by atoms with Crippen LogP contribution >= 0.6 is 0 Å². The molecule has 0 unspecified atom stereocenters. The van der Waals surface area contributed by atoms with Crippen LogP contribution in [0.5, 0.6) is 0 Å². The lowest BCUT2D eigenvalue weighted by Gasteiger charge is -2.35. The highest BCUT2D eigenvalue weighted by atomic mass is 32.2. The summed E-state index contributed by atoms with van der Waals surface area (Å²) in [6.07, 6.45) is 6.13. The molecule has 1 aromatic carbocycles. The van der Waals surface area contributed by atoms with Gasteiger partial charge in [0.05, 0.1) is 35.6 Å². The van der Waals surface area contributed by atoms with Gasteiger partial charge in [0.2, 0.25) is 10.0 Å². The number of aliphatic hydroxyl groups excluding tert-OH is 1. The number of anilines is 3. The largest absolute Gasteiger partial charge is 0.395 e. The maximum absolute atomic E-state index is 13.7. The van der Waals surface area contributed by atoms with Crippen LogP contribution in [0.4, 0.5) is 26.0 Å². The third-order valence-electron chi connectivity index (χ3n) is 8.64. The van der Waals surface area contributed by atoms with Crippen molar-refractivity contribution in [3.63, 3.8) is 0 Å². The molecule has 9 nitrogen and oxygen atoms in total. The quantitative estimate of drug-likeness (QED) is 0.348. The highest BCUT2D eigenvalue weighted by molar-refractivity contribution is 7.92. The van der Waals surface area contributed by atoms with Gasteiger partial charge in [-0.2, -0.15) is 0 Å². The van der Waals surface area contributed by atoms with E-state index in [9.17, 15) is 17.2 Å². The summed E-state index contributed by atoms with van der Waals surface area (Å²) in [7, 11) is -3.67. The Morgan fingerprint density at radius 1 is 1.00 bits per heavy atom. The molecule has 6 rings (SSSR count). The lowest BCUT2D eigenvalue weighted by molar-refractivity contribution is -0.0221. The molecule has 2 aromatic heterocycles. The minimum absolute atomic E-state index is 0.182. The summed E-state index contributed by atoms with van der Waals surface area (Å²) in [6.45, 7) is 3.78. The van der Waals surface area contributed by atoms with Gasteiger partial charge < -0.3 is 19.9 Å². The van der Waals surface area contributed by atoms with Gasteiger partial charge in [-0.3, -0.25) is 4.72 Å². The van der Waals surface area contributed by atoms with Crippen molar-refractivity contribution in [2.75, 3.05) is 53.1 Å². The monoisotopic (exact) mass is 586 g/mol. The van der Waals surface area contributed by atoms with Crippen LogP contribution in [0.2, 0.25) is 0 Å². The zero-order valence-corrected chi connectivity index (χ0v) is 24.0. The summed E-state index contributed by atoms with van der Waals surface area (Å²) in [5, 5.41) is 9.13. The van der Waals surface area contributed by atoms with Crippen LogP contribution in [0.3, 0.4) is 0 Å². The van der Waals surface area contributed by atoms with E-state index in [4.69, 9.17) is 10.1 Å². The minimum atomic E-state index is -3.67. The number of hydrogen-bond acceptors (Lipinski definition) is 7. The molecule has 41 heavy (non-hydrogen) atoms. The number of rotatable bonds is 8. The van der Waals surface area contributed by atoms with E-state index in [1.165, 1.54) is 12.8 Å². The van der Waals surface area contributed by atoms with Crippen molar-refractivity contribution < 1.29 is 22.3 Å². The van der Waals surface area contributed by atoms with Gasteiger partial charge in [0.1, 0.15) is 11.6 Å². The van der Waals surface area contributed by atoms with Crippen LogP contribution in [0.15, 0.2) is 36.5 Å². The predicted molar refractivity (Wildman–Crippen MR) is 156 cm³/mol. The lowest BCUT2D eigenvalue weighted by Crippen LogP contribution is -2.39. The normalized spacial score (nSPS) is 19.9. The Morgan fingerprint density at radius 2 is 1.71 bits per heavy atom. The number of hydrogen-bond donors (Lipinski definition) is 3. The van der Waals surface area contributed by atoms with E-state index in [2.05, 4.69) is 19.6 Å². The number of nitrogens with zero attached hydrogens (tertiary/aromatic N) is 4. The zero-order valence-electron chi connectivity index (χ0n) is 23.2. The summed E-state index contributed by atoms with van der Waals surface area (Å²) < 4.78 is 54.7. The molecule has 0 atom stereocenters. The number of nitrogens with one attached hydrogen (secondary N) is 2. The maximum atomic E-state index is 13.7. The van der Waals surface area contributed by atoms with Crippen LogP contribution in [0.25, 0.3) is 22.8 Å². The van der Waals surface area contributed by atoms with Crippen molar-refractivity contribution in [1.82, 2.24) is 15.0 Å². The van der Waals surface area contributed by atoms with Crippen molar-refractivity contribution in [3.05, 3.63) is 42.1 Å².